The lowest BCUT2D eigenvalue weighted by Gasteiger charge is -2.17. The molecule has 1 heterocycles. The Hall–Kier alpha value is -2.37. The third-order valence-electron chi connectivity index (χ3n) is 3.81. The lowest BCUT2D eigenvalue weighted by atomic mass is 10.1. The summed E-state index contributed by atoms with van der Waals surface area (Å²) in [7, 11) is 1.64. The number of amides is 1. The zero-order chi connectivity index (χ0) is 16.7. The highest BCUT2D eigenvalue weighted by Crippen LogP contribution is 2.19. The van der Waals surface area contributed by atoms with E-state index in [1.165, 1.54) is 6.33 Å². The molecule has 23 heavy (non-hydrogen) atoms. The van der Waals surface area contributed by atoms with Crippen LogP contribution >= 0.6 is 0 Å². The summed E-state index contributed by atoms with van der Waals surface area (Å²) in [5.41, 5.74) is 1.04. The number of hydrogen-bond acceptors (Lipinski definition) is 4. The van der Waals surface area contributed by atoms with Crippen LogP contribution in [0, 0.1) is 0 Å². The van der Waals surface area contributed by atoms with Gasteiger partial charge < -0.3 is 10.1 Å². The molecule has 1 aromatic carbocycles. The highest BCUT2D eigenvalue weighted by Gasteiger charge is 2.18. The number of methoxy groups -OCH3 is 1. The quantitative estimate of drug-likeness (QED) is 0.812. The monoisotopic (exact) mass is 316 g/mol. The summed E-state index contributed by atoms with van der Waals surface area (Å²) in [5, 5.41) is 7.21. The largest absolute Gasteiger partial charge is 0.496 e. The van der Waals surface area contributed by atoms with Crippen molar-refractivity contribution in [2.75, 3.05) is 7.11 Å². The molecule has 124 valence electrons. The Balaban J connectivity index is 1.95. The van der Waals surface area contributed by atoms with E-state index in [1.54, 1.807) is 7.11 Å². The molecule has 6 heteroatoms. The van der Waals surface area contributed by atoms with Gasteiger partial charge in [-0.2, -0.15) is 5.10 Å². The van der Waals surface area contributed by atoms with Gasteiger partial charge in [-0.15, -0.1) is 0 Å². The molecule has 0 aliphatic carbocycles. The summed E-state index contributed by atoms with van der Waals surface area (Å²) in [4.78, 5) is 16.5. The van der Waals surface area contributed by atoms with Crippen LogP contribution < -0.4 is 10.1 Å². The number of nitrogens with zero attached hydrogens (tertiary/aromatic N) is 3. The second-order valence-electron chi connectivity index (χ2n) is 5.27. The Bertz CT molecular complexity index is 639. The van der Waals surface area contributed by atoms with Crippen LogP contribution in [0.4, 0.5) is 0 Å². The first-order valence-electron chi connectivity index (χ1n) is 7.98. The van der Waals surface area contributed by atoms with E-state index in [-0.39, 0.29) is 11.9 Å². The highest BCUT2D eigenvalue weighted by atomic mass is 16.5. The van der Waals surface area contributed by atoms with Gasteiger partial charge in [-0.25, -0.2) is 9.67 Å². The predicted octanol–water partition coefficient (Wildman–Crippen LogP) is 2.51. The Kier molecular flexibility index (Phi) is 6.14. The van der Waals surface area contributed by atoms with Crippen LogP contribution in [-0.4, -0.2) is 27.8 Å². The van der Waals surface area contributed by atoms with Gasteiger partial charge in [-0.05, 0) is 31.4 Å². The number of benzene rings is 1. The van der Waals surface area contributed by atoms with E-state index in [9.17, 15) is 4.79 Å². The van der Waals surface area contributed by atoms with Crippen LogP contribution in [0.5, 0.6) is 5.75 Å². The molecule has 0 radical (unpaired) electrons. The molecular weight excluding hydrogens is 292 g/mol. The minimum atomic E-state index is -0.109. The Labute approximate surface area is 136 Å². The summed E-state index contributed by atoms with van der Waals surface area (Å²) < 4.78 is 7.13. The van der Waals surface area contributed by atoms with Crippen LogP contribution in [0.25, 0.3) is 0 Å². The lowest BCUT2D eigenvalue weighted by Crippen LogP contribution is -2.30. The molecule has 1 atom stereocenters. The topological polar surface area (TPSA) is 69.0 Å². The minimum absolute atomic E-state index is 0.00779. The first kappa shape index (κ1) is 17.0. The lowest BCUT2D eigenvalue weighted by molar-refractivity contribution is -0.121. The number of carbonyl (C=O) groups is 1. The van der Waals surface area contributed by atoms with E-state index < -0.39 is 0 Å². The minimum Gasteiger partial charge on any atom is -0.496 e. The van der Waals surface area contributed by atoms with Crippen molar-refractivity contribution in [3.63, 3.8) is 0 Å². The van der Waals surface area contributed by atoms with Gasteiger partial charge in [0.05, 0.1) is 13.2 Å². The molecule has 2 aromatic rings. The number of hydrogen-bond donors (Lipinski definition) is 1. The van der Waals surface area contributed by atoms with Crippen LogP contribution in [0.15, 0.2) is 30.6 Å². The number of nitrogens with one attached hydrogen (secondary N) is 1. The maximum atomic E-state index is 12.3. The second kappa shape index (κ2) is 8.31. The molecule has 0 saturated carbocycles. The zero-order valence-electron chi connectivity index (χ0n) is 14.0. The van der Waals surface area contributed by atoms with Crippen LogP contribution in [0.1, 0.15) is 44.1 Å². The first-order chi connectivity index (χ1) is 11.2. The van der Waals surface area contributed by atoms with E-state index in [4.69, 9.17) is 4.74 Å². The Morgan fingerprint density at radius 1 is 1.35 bits per heavy atom. The summed E-state index contributed by atoms with van der Waals surface area (Å²) in [5.74, 6) is 1.63. The van der Waals surface area contributed by atoms with Gasteiger partial charge in [0.25, 0.3) is 0 Å². The third-order valence-corrected chi connectivity index (χ3v) is 3.81. The molecule has 1 N–H and O–H groups in total. The van der Waals surface area contributed by atoms with Crippen LogP contribution in [0.3, 0.4) is 0 Å². The molecule has 0 bridgehead atoms. The number of ether oxygens (including phenoxy) is 1. The van der Waals surface area contributed by atoms with Crippen molar-refractivity contribution in [1.82, 2.24) is 20.1 Å². The van der Waals surface area contributed by atoms with Gasteiger partial charge in [0.2, 0.25) is 5.91 Å². The van der Waals surface area contributed by atoms with E-state index in [0.29, 0.717) is 12.8 Å². The van der Waals surface area contributed by atoms with Crippen molar-refractivity contribution in [1.29, 1.82) is 0 Å². The normalized spacial score (nSPS) is 12.0. The van der Waals surface area contributed by atoms with Crippen LogP contribution in [0.2, 0.25) is 0 Å². The van der Waals surface area contributed by atoms with Gasteiger partial charge in [0, 0.05) is 13.0 Å². The van der Waals surface area contributed by atoms with E-state index in [2.05, 4.69) is 15.4 Å². The molecule has 1 aromatic heterocycles. The van der Waals surface area contributed by atoms with Crippen molar-refractivity contribution in [3.05, 3.63) is 42.0 Å². The third kappa shape index (κ3) is 4.31. The summed E-state index contributed by atoms with van der Waals surface area (Å²) >= 11 is 0. The van der Waals surface area contributed by atoms with Crippen LogP contribution in [-0.2, 0) is 17.8 Å². The van der Waals surface area contributed by atoms with E-state index >= 15 is 0 Å². The molecule has 0 aliphatic heterocycles. The van der Waals surface area contributed by atoms with E-state index in [1.807, 2.05) is 42.8 Å². The van der Waals surface area contributed by atoms with Gasteiger partial charge in [-0.3, -0.25) is 4.79 Å². The SMILES string of the molecule is CC[C@H](NC(=O)CCc1ccccc1OC)c1ncnn1CC. The summed E-state index contributed by atoms with van der Waals surface area (Å²) in [6.45, 7) is 4.77. The zero-order valence-corrected chi connectivity index (χ0v) is 14.0. The van der Waals surface area contributed by atoms with Crippen molar-refractivity contribution in [3.8, 4) is 5.75 Å². The van der Waals surface area contributed by atoms with E-state index in [0.717, 1.165) is 30.1 Å². The van der Waals surface area contributed by atoms with Crippen molar-refractivity contribution >= 4 is 5.91 Å². The fourth-order valence-electron chi connectivity index (χ4n) is 2.56. The second-order valence-corrected chi connectivity index (χ2v) is 5.27. The predicted molar refractivity (Wildman–Crippen MR) is 88.2 cm³/mol. The van der Waals surface area contributed by atoms with Gasteiger partial charge >= 0.3 is 0 Å². The average molecular weight is 316 g/mol. The molecule has 0 fully saturated rings. The number of para-hydroxylation sites is 1. The molecule has 0 saturated heterocycles. The van der Waals surface area contributed by atoms with Gasteiger partial charge in [0.15, 0.2) is 0 Å². The number of carbonyl (C=O) groups excluding carboxylic acids is 1. The molecule has 6 nitrogen and oxygen atoms in total. The van der Waals surface area contributed by atoms with Gasteiger partial charge in [-0.1, -0.05) is 25.1 Å². The Morgan fingerprint density at radius 2 is 2.13 bits per heavy atom. The molecular formula is C17H24N4O2. The maximum absolute atomic E-state index is 12.3. The van der Waals surface area contributed by atoms with Crippen molar-refractivity contribution < 1.29 is 9.53 Å². The number of aryl methyl sites for hydroxylation is 2. The number of rotatable bonds is 8. The first-order valence-corrected chi connectivity index (χ1v) is 7.98. The molecule has 2 rings (SSSR count). The fraction of sp³-hybridized carbons (Fsp3) is 0.471. The smallest absolute Gasteiger partial charge is 0.220 e. The summed E-state index contributed by atoms with van der Waals surface area (Å²) in [6.07, 6.45) is 3.37. The van der Waals surface area contributed by atoms with Crippen molar-refractivity contribution in [2.24, 2.45) is 0 Å². The molecule has 0 aliphatic rings. The standard InChI is InChI=1S/C17H24N4O2/c1-4-14(17-18-12-19-21(17)5-2)20-16(22)11-10-13-8-6-7-9-15(13)23-3/h6-9,12,14H,4-5,10-11H2,1-3H3,(H,20,22)/t14-/m0/s1. The fourth-order valence-corrected chi connectivity index (χ4v) is 2.56. The average Bonchev–Trinajstić information content (AvgIpc) is 3.06. The molecule has 1 amide bonds. The summed E-state index contributed by atoms with van der Waals surface area (Å²) in [6, 6.07) is 7.66. The number of aromatic nitrogens is 3. The Morgan fingerprint density at radius 3 is 2.83 bits per heavy atom. The van der Waals surface area contributed by atoms with Crippen molar-refractivity contribution in [2.45, 2.75) is 45.7 Å². The molecule has 0 unspecified atom stereocenters. The highest BCUT2D eigenvalue weighted by molar-refractivity contribution is 5.76. The molecule has 0 spiro atoms. The van der Waals surface area contributed by atoms with Gasteiger partial charge in [0.1, 0.15) is 17.9 Å². The maximum Gasteiger partial charge on any atom is 0.220 e.